The molecule has 4 aromatic carbocycles. The van der Waals surface area contributed by atoms with Crippen LogP contribution in [-0.4, -0.2) is 133 Å². The summed E-state index contributed by atoms with van der Waals surface area (Å²) >= 11 is 0. The molecular weight excluding hydrogens is 1640 g/mol. The van der Waals surface area contributed by atoms with Crippen LogP contribution in [0.3, 0.4) is 0 Å². The number of benzene rings is 4. The number of nitrogens with zero attached hydrogens (tertiary/aromatic N) is 4. The van der Waals surface area contributed by atoms with E-state index >= 15 is 17.6 Å². The van der Waals surface area contributed by atoms with E-state index in [2.05, 4.69) is 4.98 Å². The van der Waals surface area contributed by atoms with Gasteiger partial charge in [0.1, 0.15) is 73.7 Å². The number of H-pyrrole nitrogens is 4. The van der Waals surface area contributed by atoms with Gasteiger partial charge in [-0.1, -0.05) is 72.8 Å². The van der Waals surface area contributed by atoms with Crippen molar-refractivity contribution >= 4 is 31.3 Å². The normalized spacial score (nSPS) is 33.6. The molecule has 16 rings (SSSR count). The second kappa shape index (κ2) is 33.3. The molecule has 8 aliphatic rings. The molecule has 0 amide bonds. The number of fused-ring (bicyclic) bond motifs is 4. The Bertz CT molecular complexity index is 6130. The maximum absolute atomic E-state index is 15.6. The summed E-state index contributed by atoms with van der Waals surface area (Å²) in [6.45, 7) is -3.94. The van der Waals surface area contributed by atoms with Crippen LogP contribution in [0.5, 0.6) is 23.0 Å². The number of aryl methyl sites for hydroxylation is 4. The molecule has 0 saturated carbocycles. The third kappa shape index (κ3) is 19.2. The van der Waals surface area contributed by atoms with E-state index in [1.165, 1.54) is 39.8 Å². The van der Waals surface area contributed by atoms with Gasteiger partial charge in [-0.05, 0) is 52.0 Å². The van der Waals surface area contributed by atoms with E-state index in [1.807, 2.05) is 15.0 Å². The van der Waals surface area contributed by atoms with E-state index in [0.29, 0.717) is 37.1 Å². The predicted molar refractivity (Wildman–Crippen MR) is 384 cm³/mol. The first-order chi connectivity index (χ1) is 56.9. The molecule has 8 aromatic rings. The van der Waals surface area contributed by atoms with Gasteiger partial charge in [-0.3, -0.25) is 93.6 Å². The first-order valence-corrected chi connectivity index (χ1v) is 40.1. The van der Waals surface area contributed by atoms with E-state index in [-0.39, 0.29) is 65.9 Å². The van der Waals surface area contributed by atoms with Crippen molar-refractivity contribution in [3.63, 3.8) is 0 Å². The number of aromatic nitrogens is 8. The third-order valence-electron chi connectivity index (χ3n) is 17.7. The highest BCUT2D eigenvalue weighted by molar-refractivity contribution is 7.49. The molecule has 4 aromatic heterocycles. The molecule has 624 valence electrons. The van der Waals surface area contributed by atoms with Gasteiger partial charge in [0.25, 0.3) is 22.2 Å². The lowest BCUT2D eigenvalue weighted by Gasteiger charge is -2.27. The lowest BCUT2D eigenvalue weighted by Crippen LogP contribution is -2.37. The maximum Gasteiger partial charge on any atom is 0.530 e. The number of nitrogens with one attached hydrogen (secondary N) is 4. The van der Waals surface area contributed by atoms with Crippen molar-refractivity contribution in [1.82, 2.24) is 38.2 Å². The van der Waals surface area contributed by atoms with Crippen molar-refractivity contribution in [2.75, 3.05) is 26.3 Å². The monoisotopic (exact) mass is 1720 g/mol. The standard InChI is InChI=1S/4C17H18FN2O8P/c4*1-10-7-20(16(23)19-14(10)22)15-12(21)6-17(18,27-15)9-26-29(24)25-8-11-4-2-3-5-13(11)28-29/h4*2-5,7,12,15,21H,6,8-9H2,1H3,(H,19,22,23)/t4*12-,15-,17+,29?/m1111/s1/i9D2,15D;15D;9D2;. The van der Waals surface area contributed by atoms with E-state index in [9.17, 15) is 77.0 Å². The Morgan fingerprint density at radius 2 is 0.647 bits per heavy atom. The van der Waals surface area contributed by atoms with Gasteiger partial charge >= 0.3 is 54.0 Å². The van der Waals surface area contributed by atoms with Gasteiger partial charge in [-0.25, -0.2) is 55.0 Å². The second-order valence-corrected chi connectivity index (χ2v) is 32.8. The minimum absolute atomic E-state index is 0.0368. The zero-order valence-electron chi connectivity index (χ0n) is 66.4. The van der Waals surface area contributed by atoms with E-state index < -0.39 is 201 Å². The highest BCUT2D eigenvalue weighted by Crippen LogP contribution is 2.60. The van der Waals surface area contributed by atoms with Gasteiger partial charge in [-0.15, -0.1) is 0 Å². The molecule has 0 spiro atoms. The minimum atomic E-state index is -4.67. The Labute approximate surface area is 656 Å². The molecule has 0 bridgehead atoms. The summed E-state index contributed by atoms with van der Waals surface area (Å²) in [6, 6.07) is 26.0. The van der Waals surface area contributed by atoms with Gasteiger partial charge < -0.3 is 57.5 Å². The Morgan fingerprint density at radius 3 is 0.991 bits per heavy atom. The first-order valence-electron chi connectivity index (χ1n) is 37.3. The highest BCUT2D eigenvalue weighted by Gasteiger charge is 2.55. The summed E-state index contributed by atoms with van der Waals surface area (Å²) in [5, 5.41) is 41.0. The van der Waals surface area contributed by atoms with Crippen LogP contribution in [0.4, 0.5) is 17.6 Å². The largest absolute Gasteiger partial charge is 0.530 e. The molecule has 0 aliphatic carbocycles. The Morgan fingerprint density at radius 1 is 0.397 bits per heavy atom. The maximum atomic E-state index is 15.6. The lowest BCUT2D eigenvalue weighted by atomic mass is 10.2. The number of para-hydroxylation sites is 4. The molecule has 4 saturated heterocycles. The summed E-state index contributed by atoms with van der Waals surface area (Å²) in [4.78, 5) is 102. The highest BCUT2D eigenvalue weighted by atomic mass is 31.2. The first kappa shape index (κ1) is 76.8. The number of rotatable bonds is 16. The van der Waals surface area contributed by atoms with Crippen molar-refractivity contribution in [1.29, 1.82) is 0 Å². The summed E-state index contributed by atoms with van der Waals surface area (Å²) in [7, 11) is -17.5. The van der Waals surface area contributed by atoms with Gasteiger partial charge in [0.15, 0.2) is 24.9 Å². The van der Waals surface area contributed by atoms with E-state index in [4.69, 9.17) is 81.5 Å². The number of halogens is 4. The van der Waals surface area contributed by atoms with Crippen LogP contribution < -0.4 is 63.1 Å². The molecular formula is C68H72F4N8O32P4. The fourth-order valence-corrected chi connectivity index (χ4v) is 16.5. The van der Waals surface area contributed by atoms with Crippen molar-refractivity contribution in [2.45, 2.75) is 153 Å². The number of aliphatic hydroxyl groups is 4. The molecule has 0 radical (unpaired) electrons. The number of hydrogen-bond donors (Lipinski definition) is 8. The van der Waals surface area contributed by atoms with E-state index in [1.54, 1.807) is 84.9 Å². The van der Waals surface area contributed by atoms with Crippen molar-refractivity contribution in [3.8, 4) is 23.0 Å². The van der Waals surface area contributed by atoms with Crippen LogP contribution in [0.1, 0.15) is 103 Å². The summed E-state index contributed by atoms with van der Waals surface area (Å²) in [6.07, 6.45) is -14.9. The molecule has 116 heavy (non-hydrogen) atoms. The van der Waals surface area contributed by atoms with Crippen LogP contribution in [-0.2, 0) is 99.8 Å². The molecule has 48 heteroatoms. The number of aliphatic hydroxyl groups excluding tert-OH is 4. The smallest absolute Gasteiger partial charge is 0.404 e. The Balaban J connectivity index is 0.000000140. The topological polar surface area (TPSA) is 516 Å². The molecule has 4 fully saturated rings. The minimum Gasteiger partial charge on any atom is -0.404 e. The van der Waals surface area contributed by atoms with Gasteiger partial charge in [0, 0.05) is 95.0 Å². The van der Waals surface area contributed by atoms with Crippen LogP contribution in [0, 0.1) is 27.7 Å². The number of hydrogen-bond acceptors (Lipinski definition) is 32. The van der Waals surface area contributed by atoms with Crippen LogP contribution in [0.2, 0.25) is 0 Å². The zero-order chi connectivity index (χ0) is 88.7. The Hall–Kier alpha value is -9.20. The van der Waals surface area contributed by atoms with Gasteiger partial charge in [-0.2, -0.15) is 0 Å². The fraction of sp³-hybridized carbons (Fsp3) is 0.412. The molecule has 40 nitrogen and oxygen atoms in total. The molecule has 16 atom stereocenters. The number of phosphoric acid groups is 4. The van der Waals surface area contributed by atoms with Crippen molar-refractivity contribution in [3.05, 3.63) is 250 Å². The average molecular weight is 1720 g/mol. The number of phosphoric ester groups is 4. The number of aromatic amines is 4. The van der Waals surface area contributed by atoms with Crippen LogP contribution >= 0.6 is 31.3 Å². The fourth-order valence-electron chi connectivity index (χ4n) is 11.8. The second-order valence-electron chi connectivity index (χ2n) is 26.6. The summed E-state index contributed by atoms with van der Waals surface area (Å²) in [5.41, 5.74) is -4.23. The number of ether oxygens (including phenoxy) is 4. The summed E-state index contributed by atoms with van der Waals surface area (Å²) < 4.78 is 244. The van der Waals surface area contributed by atoms with Gasteiger partial charge in [0.05, 0.1) is 34.7 Å². The van der Waals surface area contributed by atoms with Crippen molar-refractivity contribution < 1.29 is 138 Å². The molecule has 4 unspecified atom stereocenters. The zero-order valence-corrected chi connectivity index (χ0v) is 64.0. The average Bonchev–Trinajstić information content (AvgIpc) is 1.59. The molecule has 8 N–H and O–H groups in total. The van der Waals surface area contributed by atoms with Crippen LogP contribution in [0.25, 0.3) is 0 Å². The third-order valence-corrected chi connectivity index (χ3v) is 22.6. The predicted octanol–water partition coefficient (Wildman–Crippen LogP) is 6.10. The quantitative estimate of drug-likeness (QED) is 0.0400. The number of alkyl halides is 4. The molecule has 8 aliphatic heterocycles. The Kier molecular flexibility index (Phi) is 22.0. The summed E-state index contributed by atoms with van der Waals surface area (Å²) in [5.74, 6) is -11.5. The van der Waals surface area contributed by atoms with Crippen molar-refractivity contribution in [2.24, 2.45) is 0 Å². The SMILES string of the molecule is Cc1cn([C@@H]2O[C@](F)(COP3(=O)OCc4ccccc4O3)C[C@H]2O)c(=O)[nH]c1=O.[2H]C([2H])(OP1(=O)OCc2ccccc2O1)[C@]1(F)C[C@@H](O)[C@H](n2cc(C)c(=O)[nH]c2=O)O1.[2H]C([2H])(OP1(=O)OCc2ccccc2O1)[C@]1(F)C[C@@H](O)[C@]([2H])(n2cc(C)c(=O)[nH]c2=O)O1.[2H][C@@]1(n2cc(C)c(=O)[nH]c2=O)O[C@](F)(COP2(=O)OCc3ccccc3O2)C[C@H]1O. The van der Waals surface area contributed by atoms with Crippen LogP contribution in [0.15, 0.2) is 160 Å². The van der Waals surface area contributed by atoms with E-state index in [0.717, 1.165) is 33.9 Å². The lowest BCUT2D eigenvalue weighted by molar-refractivity contribution is -0.179. The van der Waals surface area contributed by atoms with Gasteiger partial charge in [0.2, 0.25) is 23.4 Å². The molecule has 12 heterocycles.